The van der Waals surface area contributed by atoms with Crippen LogP contribution >= 0.6 is 12.6 Å². The number of nitrogens with one attached hydrogen (secondary N) is 2. The fourth-order valence-electron chi connectivity index (χ4n) is 0.453. The van der Waals surface area contributed by atoms with E-state index in [9.17, 15) is 14.4 Å². The molecule has 0 aliphatic rings. The molecular formula is C6H10N2O3S. The summed E-state index contributed by atoms with van der Waals surface area (Å²) in [6.45, 7) is -0.150. The van der Waals surface area contributed by atoms with Crippen LogP contribution in [0.4, 0.5) is 0 Å². The molecular weight excluding hydrogens is 180 g/mol. The van der Waals surface area contributed by atoms with E-state index < -0.39 is 5.91 Å². The molecule has 2 amide bonds. The van der Waals surface area contributed by atoms with Crippen LogP contribution in [0.15, 0.2) is 0 Å². The minimum absolute atomic E-state index is 0.0322. The van der Waals surface area contributed by atoms with E-state index in [0.717, 1.165) is 0 Å². The number of hydrogen-bond acceptors (Lipinski definition) is 4. The summed E-state index contributed by atoms with van der Waals surface area (Å²) >= 11 is 3.69. The van der Waals surface area contributed by atoms with Crippen LogP contribution < -0.4 is 10.6 Å². The van der Waals surface area contributed by atoms with Crippen LogP contribution in [0.2, 0.25) is 0 Å². The number of amides is 2. The molecule has 0 aromatic carbocycles. The van der Waals surface area contributed by atoms with Gasteiger partial charge in [0.15, 0.2) is 0 Å². The van der Waals surface area contributed by atoms with Crippen molar-refractivity contribution in [2.24, 2.45) is 0 Å². The van der Waals surface area contributed by atoms with E-state index >= 15 is 0 Å². The van der Waals surface area contributed by atoms with E-state index in [0.29, 0.717) is 6.29 Å². The highest BCUT2D eigenvalue weighted by Gasteiger charge is 2.01. The van der Waals surface area contributed by atoms with Crippen molar-refractivity contribution in [3.8, 4) is 0 Å². The van der Waals surface area contributed by atoms with Gasteiger partial charge in [-0.05, 0) is 0 Å². The lowest BCUT2D eigenvalue weighted by Gasteiger charge is -2.01. The van der Waals surface area contributed by atoms with Crippen molar-refractivity contribution in [2.75, 3.05) is 18.8 Å². The lowest BCUT2D eigenvalue weighted by atomic mass is 10.5. The van der Waals surface area contributed by atoms with Crippen LogP contribution in [0.1, 0.15) is 0 Å². The highest BCUT2D eigenvalue weighted by Crippen LogP contribution is 1.72. The molecule has 0 aliphatic carbocycles. The van der Waals surface area contributed by atoms with Crippen molar-refractivity contribution in [3.05, 3.63) is 0 Å². The summed E-state index contributed by atoms with van der Waals surface area (Å²) in [7, 11) is 0. The van der Waals surface area contributed by atoms with Gasteiger partial charge in [-0.25, -0.2) is 0 Å². The monoisotopic (exact) mass is 190 g/mol. The van der Waals surface area contributed by atoms with Crippen molar-refractivity contribution in [1.29, 1.82) is 0 Å². The van der Waals surface area contributed by atoms with E-state index in [4.69, 9.17) is 0 Å². The summed E-state index contributed by atoms with van der Waals surface area (Å²) in [5.74, 6) is -0.669. The molecule has 0 saturated heterocycles. The second-order valence-corrected chi connectivity index (χ2v) is 2.22. The van der Waals surface area contributed by atoms with Crippen molar-refractivity contribution in [3.63, 3.8) is 0 Å². The standard InChI is InChI=1S/C6H10N2O3S/c9-2-1-7-5(10)3-8-6(11)4-12/h2,12H,1,3-4H2,(H,7,10)(H,8,11). The lowest BCUT2D eigenvalue weighted by Crippen LogP contribution is -2.38. The second kappa shape index (κ2) is 6.66. The van der Waals surface area contributed by atoms with Gasteiger partial charge < -0.3 is 15.4 Å². The predicted octanol–water partition coefficient (Wildman–Crippen LogP) is -1.65. The molecule has 6 heteroatoms. The lowest BCUT2D eigenvalue weighted by molar-refractivity contribution is -0.125. The van der Waals surface area contributed by atoms with Gasteiger partial charge in [0, 0.05) is 0 Å². The minimum atomic E-state index is -0.391. The molecule has 0 atom stereocenters. The number of thiol groups is 1. The van der Waals surface area contributed by atoms with Crippen molar-refractivity contribution >= 4 is 30.7 Å². The number of carbonyl (C=O) groups excluding carboxylic acids is 3. The van der Waals surface area contributed by atoms with Crippen LogP contribution in [0, 0.1) is 0 Å². The molecule has 0 aromatic heterocycles. The molecule has 68 valence electrons. The van der Waals surface area contributed by atoms with Gasteiger partial charge >= 0.3 is 0 Å². The summed E-state index contributed by atoms with van der Waals surface area (Å²) in [4.78, 5) is 31.1. The summed E-state index contributed by atoms with van der Waals surface area (Å²) in [6.07, 6.45) is 0.568. The minimum Gasteiger partial charge on any atom is -0.348 e. The van der Waals surface area contributed by atoms with Crippen molar-refractivity contribution in [2.45, 2.75) is 0 Å². The predicted molar refractivity (Wildman–Crippen MR) is 45.9 cm³/mol. The number of rotatable bonds is 5. The van der Waals surface area contributed by atoms with Gasteiger partial charge in [-0.3, -0.25) is 9.59 Å². The Morgan fingerprint density at radius 1 is 1.25 bits per heavy atom. The zero-order valence-corrected chi connectivity index (χ0v) is 7.27. The smallest absolute Gasteiger partial charge is 0.239 e. The second-order valence-electron chi connectivity index (χ2n) is 1.91. The Morgan fingerprint density at radius 2 is 1.92 bits per heavy atom. The van der Waals surface area contributed by atoms with Crippen LogP contribution in [0.25, 0.3) is 0 Å². The van der Waals surface area contributed by atoms with Crippen molar-refractivity contribution < 1.29 is 14.4 Å². The molecule has 0 rings (SSSR count). The third-order valence-corrected chi connectivity index (χ3v) is 1.26. The molecule has 0 aromatic rings. The Kier molecular flexibility index (Phi) is 6.08. The molecule has 0 saturated carbocycles. The first-order valence-corrected chi connectivity index (χ1v) is 3.92. The quantitative estimate of drug-likeness (QED) is 0.359. The Morgan fingerprint density at radius 3 is 2.42 bits per heavy atom. The molecule has 0 heterocycles. The van der Waals surface area contributed by atoms with Crippen molar-refractivity contribution in [1.82, 2.24) is 10.6 Å². The maximum Gasteiger partial charge on any atom is 0.239 e. The normalized spacial score (nSPS) is 8.75. The summed E-state index contributed by atoms with van der Waals surface area (Å²) in [5, 5.41) is 4.56. The van der Waals surface area contributed by atoms with Gasteiger partial charge in [0.25, 0.3) is 0 Å². The van der Waals surface area contributed by atoms with Crippen LogP contribution in [0.5, 0.6) is 0 Å². The fourth-order valence-corrected chi connectivity index (χ4v) is 0.565. The summed E-state index contributed by atoms with van der Waals surface area (Å²) < 4.78 is 0. The average Bonchev–Trinajstić information content (AvgIpc) is 2.10. The first-order chi connectivity index (χ1) is 5.70. The molecule has 0 radical (unpaired) electrons. The van der Waals surface area contributed by atoms with Gasteiger partial charge in [0.05, 0.1) is 18.8 Å². The van der Waals surface area contributed by atoms with Gasteiger partial charge in [-0.2, -0.15) is 12.6 Å². The number of hydrogen-bond donors (Lipinski definition) is 3. The van der Waals surface area contributed by atoms with Crippen LogP contribution in [-0.4, -0.2) is 36.9 Å². The van der Waals surface area contributed by atoms with E-state index in [1.54, 1.807) is 0 Å². The molecule has 0 fully saturated rings. The van der Waals surface area contributed by atoms with Gasteiger partial charge in [-0.15, -0.1) is 0 Å². The number of carbonyl (C=O) groups is 3. The Bertz CT molecular complexity index is 184. The third kappa shape index (κ3) is 5.72. The molecule has 0 spiro atoms. The maximum absolute atomic E-state index is 10.7. The first-order valence-electron chi connectivity index (χ1n) is 3.28. The van der Waals surface area contributed by atoms with E-state index in [2.05, 4.69) is 23.3 Å². The van der Waals surface area contributed by atoms with Crippen LogP contribution in [0.3, 0.4) is 0 Å². The molecule has 0 bridgehead atoms. The Balaban J connectivity index is 3.43. The van der Waals surface area contributed by atoms with E-state index in [-0.39, 0.29) is 24.7 Å². The molecule has 2 N–H and O–H groups in total. The van der Waals surface area contributed by atoms with Gasteiger partial charge in [-0.1, -0.05) is 0 Å². The van der Waals surface area contributed by atoms with E-state index in [1.807, 2.05) is 0 Å². The van der Waals surface area contributed by atoms with Gasteiger partial charge in [0.1, 0.15) is 6.29 Å². The Labute approximate surface area is 75.3 Å². The Hall–Kier alpha value is -1.04. The average molecular weight is 190 g/mol. The first kappa shape index (κ1) is 11.0. The fraction of sp³-hybridized carbons (Fsp3) is 0.500. The largest absolute Gasteiger partial charge is 0.348 e. The maximum atomic E-state index is 10.7. The molecule has 12 heavy (non-hydrogen) atoms. The summed E-state index contributed by atoms with van der Waals surface area (Å²) in [5.41, 5.74) is 0. The molecule has 0 unspecified atom stereocenters. The van der Waals surface area contributed by atoms with E-state index in [1.165, 1.54) is 0 Å². The highest BCUT2D eigenvalue weighted by molar-refractivity contribution is 7.81. The van der Waals surface area contributed by atoms with Crippen LogP contribution in [-0.2, 0) is 14.4 Å². The SMILES string of the molecule is O=CCNC(=O)CNC(=O)CS. The summed E-state index contributed by atoms with van der Waals surface area (Å²) in [6, 6.07) is 0. The molecule has 5 nitrogen and oxygen atoms in total. The highest BCUT2D eigenvalue weighted by atomic mass is 32.1. The zero-order chi connectivity index (χ0) is 9.40. The third-order valence-electron chi connectivity index (χ3n) is 0.972. The zero-order valence-electron chi connectivity index (χ0n) is 6.37. The van der Waals surface area contributed by atoms with Gasteiger partial charge in [0.2, 0.25) is 11.8 Å². The molecule has 0 aliphatic heterocycles. The number of aldehydes is 1. The topological polar surface area (TPSA) is 75.3 Å².